The number of carbonyl (C=O) groups excluding carboxylic acids is 1. The van der Waals surface area contributed by atoms with Gasteiger partial charge in [0.05, 0.1) is 0 Å². The van der Waals surface area contributed by atoms with E-state index in [0.717, 1.165) is 18.1 Å². The number of rotatable bonds is 8. The lowest BCUT2D eigenvalue weighted by Gasteiger charge is -2.21. The van der Waals surface area contributed by atoms with E-state index in [1.807, 2.05) is 18.2 Å². The van der Waals surface area contributed by atoms with Crippen molar-refractivity contribution in [2.75, 3.05) is 6.26 Å². The van der Waals surface area contributed by atoms with Crippen LogP contribution in [0.2, 0.25) is 0 Å². The number of aromatic nitrogens is 2. The first-order chi connectivity index (χ1) is 14.8. The summed E-state index contributed by atoms with van der Waals surface area (Å²) in [6, 6.07) is 8.66. The smallest absolute Gasteiger partial charge is 0.258 e. The molecule has 7 nitrogen and oxygen atoms in total. The molecule has 1 aromatic carbocycles. The molecule has 8 heteroatoms. The van der Waals surface area contributed by atoms with Crippen LogP contribution in [0.25, 0.3) is 0 Å². The van der Waals surface area contributed by atoms with E-state index in [1.54, 1.807) is 19.1 Å². The summed E-state index contributed by atoms with van der Waals surface area (Å²) >= 11 is 0. The Hall–Kier alpha value is -2.74. The molecule has 1 saturated carbocycles. The molecule has 0 unspecified atom stereocenters. The molecule has 0 saturated heterocycles. The van der Waals surface area contributed by atoms with Crippen molar-refractivity contribution in [3.63, 3.8) is 0 Å². The monoisotopic (exact) mass is 443 g/mol. The standard InChI is InChI=1S/C23H29N3O4S/c1-17(13-14-31(2,28)29)25-22(27)20-16-24-21(15-18-9-5-3-6-10-18)26-23(20)30-19-11-7-4-8-12-19/h4,7-8,11-14,16-18H,3,5-6,9-10,15H2,1-2H3,(H,25,27)/b14-13+/t17-/m0/s1. The normalized spacial score (nSPS) is 16.2. The van der Waals surface area contributed by atoms with E-state index in [-0.39, 0.29) is 11.4 Å². The van der Waals surface area contributed by atoms with E-state index in [9.17, 15) is 13.2 Å². The van der Waals surface area contributed by atoms with E-state index >= 15 is 0 Å². The van der Waals surface area contributed by atoms with Gasteiger partial charge in [0.2, 0.25) is 5.88 Å². The Balaban J connectivity index is 1.81. The fourth-order valence-corrected chi connectivity index (χ4v) is 4.10. The van der Waals surface area contributed by atoms with Crippen molar-refractivity contribution in [3.05, 3.63) is 59.4 Å². The third-order valence-electron chi connectivity index (χ3n) is 5.18. The summed E-state index contributed by atoms with van der Waals surface area (Å²) in [5.74, 6) is 1.56. The van der Waals surface area contributed by atoms with Gasteiger partial charge in [0.1, 0.15) is 17.1 Å². The Morgan fingerprint density at radius 3 is 2.61 bits per heavy atom. The first-order valence-corrected chi connectivity index (χ1v) is 12.5. The quantitative estimate of drug-likeness (QED) is 0.660. The fraction of sp³-hybridized carbons (Fsp3) is 0.435. The number of para-hydroxylation sites is 1. The highest BCUT2D eigenvalue weighted by atomic mass is 32.2. The van der Waals surface area contributed by atoms with Gasteiger partial charge in [0.25, 0.3) is 5.91 Å². The van der Waals surface area contributed by atoms with Crippen LogP contribution in [-0.2, 0) is 16.3 Å². The molecule has 1 atom stereocenters. The summed E-state index contributed by atoms with van der Waals surface area (Å²) in [6.07, 6.45) is 10.9. The molecule has 3 rings (SSSR count). The van der Waals surface area contributed by atoms with Crippen LogP contribution in [0, 0.1) is 5.92 Å². The van der Waals surface area contributed by atoms with Crippen LogP contribution in [-0.4, -0.2) is 36.6 Å². The zero-order valence-corrected chi connectivity index (χ0v) is 18.8. The Labute approximate surface area is 183 Å². The van der Waals surface area contributed by atoms with Gasteiger partial charge >= 0.3 is 0 Å². The van der Waals surface area contributed by atoms with Crippen molar-refractivity contribution in [1.29, 1.82) is 0 Å². The molecule has 0 aliphatic heterocycles. The molecule has 1 aromatic heterocycles. The van der Waals surface area contributed by atoms with Gasteiger partial charge in [-0.3, -0.25) is 4.79 Å². The van der Waals surface area contributed by atoms with E-state index in [4.69, 9.17) is 4.74 Å². The van der Waals surface area contributed by atoms with Crippen LogP contribution in [0.3, 0.4) is 0 Å². The molecule has 1 aliphatic rings. The minimum absolute atomic E-state index is 0.198. The lowest BCUT2D eigenvalue weighted by atomic mass is 9.87. The van der Waals surface area contributed by atoms with Crippen molar-refractivity contribution in [2.24, 2.45) is 5.92 Å². The first-order valence-electron chi connectivity index (χ1n) is 10.6. The Bertz CT molecular complexity index is 1020. The summed E-state index contributed by atoms with van der Waals surface area (Å²) in [7, 11) is -3.27. The molecule has 166 valence electrons. The van der Waals surface area contributed by atoms with Crippen LogP contribution >= 0.6 is 0 Å². The van der Waals surface area contributed by atoms with Crippen LogP contribution in [0.15, 0.2) is 48.0 Å². The highest BCUT2D eigenvalue weighted by Gasteiger charge is 2.21. The predicted octanol–water partition coefficient (Wildman–Crippen LogP) is 4.07. The van der Waals surface area contributed by atoms with Gasteiger partial charge in [-0.1, -0.05) is 56.4 Å². The van der Waals surface area contributed by atoms with Crippen LogP contribution in [0.4, 0.5) is 0 Å². The lowest BCUT2D eigenvalue weighted by molar-refractivity contribution is 0.0943. The van der Waals surface area contributed by atoms with E-state index in [1.165, 1.54) is 44.4 Å². The van der Waals surface area contributed by atoms with Crippen molar-refractivity contribution < 1.29 is 17.9 Å². The Kier molecular flexibility index (Phi) is 7.79. The van der Waals surface area contributed by atoms with Crippen LogP contribution < -0.4 is 10.1 Å². The minimum Gasteiger partial charge on any atom is -0.438 e. The van der Waals surface area contributed by atoms with Gasteiger partial charge in [0.15, 0.2) is 9.84 Å². The topological polar surface area (TPSA) is 98.2 Å². The fourth-order valence-electron chi connectivity index (χ4n) is 3.58. The van der Waals surface area contributed by atoms with E-state index in [2.05, 4.69) is 15.3 Å². The molecule has 2 aromatic rings. The molecule has 1 amide bonds. The maximum Gasteiger partial charge on any atom is 0.258 e. The number of nitrogens with one attached hydrogen (secondary N) is 1. The van der Waals surface area contributed by atoms with Gasteiger partial charge in [-0.15, -0.1) is 0 Å². The molecule has 1 N–H and O–H groups in total. The first kappa shape index (κ1) is 22.9. The highest BCUT2D eigenvalue weighted by molar-refractivity contribution is 7.93. The van der Waals surface area contributed by atoms with Crippen molar-refractivity contribution >= 4 is 15.7 Å². The van der Waals surface area contributed by atoms with Gasteiger partial charge in [-0.25, -0.2) is 13.4 Å². The Morgan fingerprint density at radius 1 is 1.23 bits per heavy atom. The molecular weight excluding hydrogens is 414 g/mol. The molecular formula is C23H29N3O4S. The minimum atomic E-state index is -3.27. The van der Waals surface area contributed by atoms with Crippen LogP contribution in [0.1, 0.15) is 55.2 Å². The van der Waals surface area contributed by atoms with Gasteiger partial charge in [-0.2, -0.15) is 4.98 Å². The molecule has 0 spiro atoms. The molecule has 0 bridgehead atoms. The second-order valence-corrected chi connectivity index (χ2v) is 9.98. The summed E-state index contributed by atoms with van der Waals surface area (Å²) in [6.45, 7) is 1.69. The highest BCUT2D eigenvalue weighted by Crippen LogP contribution is 2.28. The summed E-state index contributed by atoms with van der Waals surface area (Å²) in [5.41, 5.74) is 0.204. The number of amides is 1. The lowest BCUT2D eigenvalue weighted by Crippen LogP contribution is -2.31. The van der Waals surface area contributed by atoms with Crippen molar-refractivity contribution in [2.45, 2.75) is 51.5 Å². The van der Waals surface area contributed by atoms with Gasteiger partial charge < -0.3 is 10.1 Å². The molecule has 1 aliphatic carbocycles. The average molecular weight is 444 g/mol. The number of ether oxygens (including phenoxy) is 1. The largest absolute Gasteiger partial charge is 0.438 e. The summed E-state index contributed by atoms with van der Waals surface area (Å²) in [5, 5.41) is 3.82. The molecule has 31 heavy (non-hydrogen) atoms. The van der Waals surface area contributed by atoms with Gasteiger partial charge in [-0.05, 0) is 25.0 Å². The van der Waals surface area contributed by atoms with E-state index < -0.39 is 21.8 Å². The van der Waals surface area contributed by atoms with Crippen molar-refractivity contribution in [3.8, 4) is 11.6 Å². The zero-order chi connectivity index (χ0) is 22.3. The molecule has 0 radical (unpaired) electrons. The maximum absolute atomic E-state index is 12.8. The SMILES string of the molecule is C[C@@H](/C=C/S(C)(=O)=O)NC(=O)c1cnc(CC2CCCCC2)nc1Oc1ccccc1. The second kappa shape index (κ2) is 10.5. The Morgan fingerprint density at radius 2 is 1.94 bits per heavy atom. The van der Waals surface area contributed by atoms with E-state index in [0.29, 0.717) is 17.5 Å². The second-order valence-electron chi connectivity index (χ2n) is 8.05. The number of nitrogens with zero attached hydrogens (tertiary/aromatic N) is 2. The average Bonchev–Trinajstić information content (AvgIpc) is 2.73. The number of carbonyl (C=O) groups is 1. The van der Waals surface area contributed by atoms with Crippen LogP contribution in [0.5, 0.6) is 11.6 Å². The molecule has 1 heterocycles. The number of sulfone groups is 1. The third kappa shape index (κ3) is 7.47. The molecule has 1 fully saturated rings. The summed E-state index contributed by atoms with van der Waals surface area (Å²) < 4.78 is 28.6. The van der Waals surface area contributed by atoms with Gasteiger partial charge in [0, 0.05) is 30.3 Å². The number of benzene rings is 1. The summed E-state index contributed by atoms with van der Waals surface area (Å²) in [4.78, 5) is 21.8. The zero-order valence-electron chi connectivity index (χ0n) is 18.0. The van der Waals surface area contributed by atoms with Crippen molar-refractivity contribution in [1.82, 2.24) is 15.3 Å². The maximum atomic E-state index is 12.8. The third-order valence-corrected chi connectivity index (χ3v) is 5.83. The number of hydrogen-bond donors (Lipinski definition) is 1. The number of hydrogen-bond acceptors (Lipinski definition) is 6. The predicted molar refractivity (Wildman–Crippen MR) is 120 cm³/mol.